The quantitative estimate of drug-likeness (QED) is 0.443. The van der Waals surface area contributed by atoms with Crippen molar-refractivity contribution in [3.05, 3.63) is 65.7 Å². The van der Waals surface area contributed by atoms with Gasteiger partial charge in [-0.15, -0.1) is 0 Å². The summed E-state index contributed by atoms with van der Waals surface area (Å²) >= 11 is 0. The van der Waals surface area contributed by atoms with E-state index in [4.69, 9.17) is 16.5 Å². The second-order valence-corrected chi connectivity index (χ2v) is 9.06. The second-order valence-electron chi connectivity index (χ2n) is 9.06. The molecule has 1 atom stereocenters. The minimum Gasteiger partial charge on any atom is -0.368 e. The Balaban J connectivity index is 1.75. The van der Waals surface area contributed by atoms with Crippen LogP contribution in [0.4, 0.5) is 10.1 Å². The van der Waals surface area contributed by atoms with Crippen LogP contribution < -0.4 is 16.4 Å². The molecule has 4 aromatic rings. The van der Waals surface area contributed by atoms with Crippen molar-refractivity contribution in [1.29, 1.82) is 0 Å². The molecule has 168 valence electrons. The van der Waals surface area contributed by atoms with Gasteiger partial charge in [0, 0.05) is 42.1 Å². The van der Waals surface area contributed by atoms with Gasteiger partial charge in [-0.3, -0.25) is 9.78 Å². The molecule has 3 heterocycles. The Bertz CT molecular complexity index is 1390. The van der Waals surface area contributed by atoms with E-state index < -0.39 is 11.7 Å². The number of hydrogen-bond donors (Lipinski definition) is 3. The number of pyridine rings is 1. The van der Waals surface area contributed by atoms with Crippen LogP contribution in [-0.4, -0.2) is 39.5 Å². The number of fused-ring (bicyclic) bond motifs is 1. The average molecular weight is 445 g/mol. The van der Waals surface area contributed by atoms with Crippen LogP contribution in [0, 0.1) is 12.7 Å². The molecule has 33 heavy (non-hydrogen) atoms. The molecule has 1 aliphatic heterocycles. The Labute approximate surface area is 190 Å². The maximum atomic E-state index is 14.4. The molecule has 8 heteroatoms. The predicted octanol–water partition coefficient (Wildman–Crippen LogP) is 3.77. The molecule has 1 fully saturated rings. The predicted molar refractivity (Wildman–Crippen MR) is 127 cm³/mol. The molecule has 5 rings (SSSR count). The summed E-state index contributed by atoms with van der Waals surface area (Å²) in [7, 11) is 0. The molecule has 0 bridgehead atoms. The second kappa shape index (κ2) is 7.67. The van der Waals surface area contributed by atoms with Crippen LogP contribution in [0.1, 0.15) is 29.3 Å². The standard InChI is InChI=1S/C25H25FN6O/c1-14-4-3-5-20-21(14)31-24(30-20)19-12-29-11-18(22(19)32-7-6-25(2,28)13-32)15-8-16(23(27)33)10-17(26)9-15/h3-5,8-12H,6-7,13,28H2,1-2H3,(H2,27,33)(H,30,31). The summed E-state index contributed by atoms with van der Waals surface area (Å²) in [4.78, 5) is 26.7. The molecule has 0 spiro atoms. The Morgan fingerprint density at radius 3 is 2.70 bits per heavy atom. The average Bonchev–Trinajstić information content (AvgIpc) is 3.36. The van der Waals surface area contributed by atoms with E-state index in [9.17, 15) is 9.18 Å². The fourth-order valence-electron chi connectivity index (χ4n) is 4.54. The maximum absolute atomic E-state index is 14.4. The van der Waals surface area contributed by atoms with E-state index in [-0.39, 0.29) is 11.1 Å². The summed E-state index contributed by atoms with van der Waals surface area (Å²) in [5.74, 6) is -0.562. The first kappa shape index (κ1) is 21.1. The van der Waals surface area contributed by atoms with E-state index >= 15 is 0 Å². The first-order valence-electron chi connectivity index (χ1n) is 10.8. The number of nitrogens with two attached hydrogens (primary N) is 2. The molecule has 1 amide bonds. The van der Waals surface area contributed by atoms with Crippen molar-refractivity contribution in [1.82, 2.24) is 15.0 Å². The van der Waals surface area contributed by atoms with Crippen molar-refractivity contribution in [3.63, 3.8) is 0 Å². The van der Waals surface area contributed by atoms with Gasteiger partial charge in [0.1, 0.15) is 11.6 Å². The summed E-state index contributed by atoms with van der Waals surface area (Å²) in [6, 6.07) is 10.1. The number of H-pyrrole nitrogens is 1. The fraction of sp³-hybridized carbons (Fsp3) is 0.240. The number of primary amides is 1. The molecular weight excluding hydrogens is 419 g/mol. The van der Waals surface area contributed by atoms with Gasteiger partial charge in [-0.05, 0) is 55.7 Å². The number of imidazole rings is 1. The van der Waals surface area contributed by atoms with Gasteiger partial charge < -0.3 is 21.4 Å². The third-order valence-corrected chi connectivity index (χ3v) is 6.20. The lowest BCUT2D eigenvalue weighted by Crippen LogP contribution is -2.39. The number of anilines is 1. The maximum Gasteiger partial charge on any atom is 0.248 e. The molecule has 2 aromatic heterocycles. The van der Waals surface area contributed by atoms with Crippen molar-refractivity contribution < 1.29 is 9.18 Å². The summed E-state index contributed by atoms with van der Waals surface area (Å²) in [5, 5.41) is 0. The topological polar surface area (TPSA) is 114 Å². The van der Waals surface area contributed by atoms with Crippen LogP contribution in [0.15, 0.2) is 48.8 Å². The molecule has 0 aliphatic carbocycles. The van der Waals surface area contributed by atoms with Crippen LogP contribution in [-0.2, 0) is 0 Å². The van der Waals surface area contributed by atoms with E-state index in [0.717, 1.165) is 46.9 Å². The number of carbonyl (C=O) groups excluding carboxylic acids is 1. The first-order chi connectivity index (χ1) is 15.7. The summed E-state index contributed by atoms with van der Waals surface area (Å²) in [5.41, 5.74) is 17.3. The number of aryl methyl sites for hydroxylation is 1. The van der Waals surface area contributed by atoms with Crippen molar-refractivity contribution in [3.8, 4) is 22.5 Å². The van der Waals surface area contributed by atoms with E-state index in [1.165, 1.54) is 6.07 Å². The highest BCUT2D eigenvalue weighted by atomic mass is 19.1. The van der Waals surface area contributed by atoms with E-state index in [0.29, 0.717) is 23.5 Å². The lowest BCUT2D eigenvalue weighted by molar-refractivity contribution is 0.1000. The molecule has 1 aliphatic rings. The van der Waals surface area contributed by atoms with Gasteiger partial charge in [-0.25, -0.2) is 9.37 Å². The minimum atomic E-state index is -0.690. The van der Waals surface area contributed by atoms with Crippen LogP contribution in [0.3, 0.4) is 0 Å². The number of hydrogen-bond acceptors (Lipinski definition) is 5. The number of nitrogens with zero attached hydrogens (tertiary/aromatic N) is 3. The zero-order valence-electron chi connectivity index (χ0n) is 18.5. The molecule has 5 N–H and O–H groups in total. The Kier molecular flexibility index (Phi) is 4.90. The minimum absolute atomic E-state index is 0.103. The molecule has 1 unspecified atom stereocenters. The normalized spacial score (nSPS) is 18.2. The number of rotatable bonds is 4. The largest absolute Gasteiger partial charge is 0.368 e. The summed E-state index contributed by atoms with van der Waals surface area (Å²) < 4.78 is 14.4. The van der Waals surface area contributed by atoms with E-state index in [1.54, 1.807) is 18.5 Å². The highest BCUT2D eigenvalue weighted by Crippen LogP contribution is 2.41. The smallest absolute Gasteiger partial charge is 0.248 e. The van der Waals surface area contributed by atoms with Crippen LogP contribution in [0.5, 0.6) is 0 Å². The molecular formula is C25H25FN6O. The van der Waals surface area contributed by atoms with Crippen LogP contribution in [0.25, 0.3) is 33.5 Å². The summed E-state index contributed by atoms with van der Waals surface area (Å²) in [6.07, 6.45) is 4.24. The van der Waals surface area contributed by atoms with Crippen LogP contribution >= 0.6 is 0 Å². The molecule has 1 saturated heterocycles. The van der Waals surface area contributed by atoms with E-state index in [2.05, 4.69) is 14.9 Å². The van der Waals surface area contributed by atoms with Crippen molar-refractivity contribution in [2.24, 2.45) is 11.5 Å². The first-order valence-corrected chi connectivity index (χ1v) is 10.8. The van der Waals surface area contributed by atoms with Crippen LogP contribution in [0.2, 0.25) is 0 Å². The number of para-hydroxylation sites is 1. The number of carbonyl (C=O) groups is 1. The lowest BCUT2D eigenvalue weighted by Gasteiger charge is -2.26. The van der Waals surface area contributed by atoms with Crippen molar-refractivity contribution in [2.45, 2.75) is 25.8 Å². The summed E-state index contributed by atoms with van der Waals surface area (Å²) in [6.45, 7) is 5.38. The van der Waals surface area contributed by atoms with Crippen molar-refractivity contribution in [2.75, 3.05) is 18.0 Å². The highest BCUT2D eigenvalue weighted by molar-refractivity contribution is 5.96. The van der Waals surface area contributed by atoms with Gasteiger partial charge in [0.05, 0.1) is 22.3 Å². The number of aromatic amines is 1. The lowest BCUT2D eigenvalue weighted by atomic mass is 9.99. The number of amides is 1. The molecule has 0 saturated carbocycles. The van der Waals surface area contributed by atoms with Gasteiger partial charge in [0.15, 0.2) is 0 Å². The van der Waals surface area contributed by atoms with Crippen molar-refractivity contribution >= 4 is 22.6 Å². The number of halogens is 1. The van der Waals surface area contributed by atoms with E-state index in [1.807, 2.05) is 32.0 Å². The van der Waals surface area contributed by atoms with Gasteiger partial charge in [0.2, 0.25) is 5.91 Å². The number of aromatic nitrogens is 3. The Morgan fingerprint density at radius 2 is 2.00 bits per heavy atom. The molecule has 0 radical (unpaired) electrons. The molecule has 7 nitrogen and oxygen atoms in total. The zero-order chi connectivity index (χ0) is 23.3. The van der Waals surface area contributed by atoms with Gasteiger partial charge in [-0.2, -0.15) is 0 Å². The third-order valence-electron chi connectivity index (χ3n) is 6.20. The van der Waals surface area contributed by atoms with Gasteiger partial charge in [-0.1, -0.05) is 12.1 Å². The number of benzene rings is 2. The highest BCUT2D eigenvalue weighted by Gasteiger charge is 2.33. The molecule has 2 aromatic carbocycles. The number of nitrogens with one attached hydrogen (secondary N) is 1. The van der Waals surface area contributed by atoms with Gasteiger partial charge >= 0.3 is 0 Å². The Hall–Kier alpha value is -3.78. The fourth-order valence-corrected chi connectivity index (χ4v) is 4.54. The Morgan fingerprint density at radius 1 is 1.21 bits per heavy atom. The monoisotopic (exact) mass is 444 g/mol. The SMILES string of the molecule is Cc1cccc2[nH]c(-c3cncc(-c4cc(F)cc(C(N)=O)c4)c3N3CCC(C)(N)C3)nc12. The van der Waals surface area contributed by atoms with Gasteiger partial charge in [0.25, 0.3) is 0 Å². The zero-order valence-corrected chi connectivity index (χ0v) is 18.5. The third kappa shape index (κ3) is 3.82.